The number of hydrogen-bond donors (Lipinski definition) is 2. The number of fused-ring (bicyclic) bond motifs is 1. The highest BCUT2D eigenvalue weighted by atomic mass is 32.1. The van der Waals surface area contributed by atoms with Gasteiger partial charge in [-0.2, -0.15) is 0 Å². The fraction of sp³-hybridized carbons (Fsp3) is 0.562. The predicted octanol–water partition coefficient (Wildman–Crippen LogP) is 2.73. The molecule has 2 N–H and O–H groups in total. The summed E-state index contributed by atoms with van der Waals surface area (Å²) in [4.78, 5) is 22.7. The van der Waals surface area contributed by atoms with Crippen molar-refractivity contribution in [2.24, 2.45) is 0 Å². The lowest BCUT2D eigenvalue weighted by molar-refractivity contribution is 0.0954. The molecule has 124 valence electrons. The Hall–Kier alpha value is -1.73. The molecule has 2 heterocycles. The van der Waals surface area contributed by atoms with E-state index in [0.717, 1.165) is 45.7 Å². The predicted molar refractivity (Wildman–Crippen MR) is 92.2 cm³/mol. The van der Waals surface area contributed by atoms with E-state index in [0.29, 0.717) is 12.6 Å². The zero-order valence-electron chi connectivity index (χ0n) is 13.7. The molecule has 1 saturated carbocycles. The maximum atomic E-state index is 12.4. The molecule has 6 nitrogen and oxygen atoms in total. The van der Waals surface area contributed by atoms with Crippen LogP contribution < -0.4 is 10.6 Å². The molecule has 0 saturated heterocycles. The van der Waals surface area contributed by atoms with Crippen molar-refractivity contribution in [1.82, 2.24) is 15.3 Å². The van der Waals surface area contributed by atoms with Crippen LogP contribution >= 0.6 is 11.3 Å². The third kappa shape index (κ3) is 3.45. The van der Waals surface area contributed by atoms with Crippen molar-refractivity contribution in [3.63, 3.8) is 0 Å². The van der Waals surface area contributed by atoms with Gasteiger partial charge in [0.2, 0.25) is 0 Å². The van der Waals surface area contributed by atoms with Crippen molar-refractivity contribution < 1.29 is 9.53 Å². The average Bonchev–Trinajstić information content (AvgIpc) is 3.28. The highest BCUT2D eigenvalue weighted by Crippen LogP contribution is 2.34. The maximum absolute atomic E-state index is 12.4. The number of thiophene rings is 1. The first-order valence-electron chi connectivity index (χ1n) is 7.94. The van der Waals surface area contributed by atoms with Crippen molar-refractivity contribution in [2.75, 3.05) is 19.0 Å². The molecule has 0 unspecified atom stereocenters. The van der Waals surface area contributed by atoms with Crippen LogP contribution in [0, 0.1) is 6.92 Å². The van der Waals surface area contributed by atoms with E-state index in [4.69, 9.17) is 4.74 Å². The molecule has 0 radical (unpaired) electrons. The third-order valence-corrected chi connectivity index (χ3v) is 5.25. The van der Waals surface area contributed by atoms with Gasteiger partial charge >= 0.3 is 0 Å². The van der Waals surface area contributed by atoms with Gasteiger partial charge < -0.3 is 15.4 Å². The van der Waals surface area contributed by atoms with Crippen LogP contribution in [0.5, 0.6) is 0 Å². The van der Waals surface area contributed by atoms with Crippen LogP contribution in [0.1, 0.15) is 41.4 Å². The second-order valence-electron chi connectivity index (χ2n) is 5.91. The SMILES string of the molecule is CC[C@@H](COC)Nc1ncnc2sc(C(=O)NC3CC3)c(C)c12. The zero-order valence-corrected chi connectivity index (χ0v) is 14.5. The van der Waals surface area contributed by atoms with Gasteiger partial charge in [0.25, 0.3) is 5.91 Å². The lowest BCUT2D eigenvalue weighted by Crippen LogP contribution is -2.25. The molecule has 3 rings (SSSR count). The molecule has 1 atom stereocenters. The number of rotatable bonds is 7. The number of carbonyl (C=O) groups is 1. The molecule has 0 bridgehead atoms. The van der Waals surface area contributed by atoms with Gasteiger partial charge in [-0.1, -0.05) is 6.92 Å². The summed E-state index contributed by atoms with van der Waals surface area (Å²) in [5, 5.41) is 7.40. The van der Waals surface area contributed by atoms with Gasteiger partial charge in [0.15, 0.2) is 0 Å². The molecule has 2 aromatic rings. The summed E-state index contributed by atoms with van der Waals surface area (Å²) < 4.78 is 5.24. The second-order valence-corrected chi connectivity index (χ2v) is 6.91. The van der Waals surface area contributed by atoms with E-state index in [2.05, 4.69) is 27.5 Å². The number of anilines is 1. The minimum Gasteiger partial charge on any atom is -0.383 e. The molecule has 0 aliphatic heterocycles. The first kappa shape index (κ1) is 16.1. The summed E-state index contributed by atoms with van der Waals surface area (Å²) in [6.45, 7) is 4.68. The summed E-state index contributed by atoms with van der Waals surface area (Å²) in [6, 6.07) is 0.531. The summed E-state index contributed by atoms with van der Waals surface area (Å²) in [5.41, 5.74) is 0.943. The fourth-order valence-corrected chi connectivity index (χ4v) is 3.58. The Morgan fingerprint density at radius 1 is 1.48 bits per heavy atom. The zero-order chi connectivity index (χ0) is 16.4. The molecule has 0 aromatic carbocycles. The first-order chi connectivity index (χ1) is 11.1. The van der Waals surface area contributed by atoms with E-state index in [1.165, 1.54) is 11.3 Å². The van der Waals surface area contributed by atoms with Gasteiger partial charge in [0.05, 0.1) is 22.9 Å². The van der Waals surface area contributed by atoms with E-state index in [1.807, 2.05) is 6.92 Å². The Labute approximate surface area is 139 Å². The monoisotopic (exact) mass is 334 g/mol. The van der Waals surface area contributed by atoms with Crippen LogP contribution in [0.4, 0.5) is 5.82 Å². The molecule has 1 aliphatic rings. The van der Waals surface area contributed by atoms with E-state index < -0.39 is 0 Å². The molecule has 1 amide bonds. The van der Waals surface area contributed by atoms with E-state index in [9.17, 15) is 4.79 Å². The lowest BCUT2D eigenvalue weighted by Gasteiger charge is -2.17. The Kier molecular flexibility index (Phi) is 4.77. The summed E-state index contributed by atoms with van der Waals surface area (Å²) >= 11 is 1.43. The molecule has 1 fully saturated rings. The molecule has 7 heteroatoms. The molecular formula is C16H22N4O2S. The molecule has 23 heavy (non-hydrogen) atoms. The first-order valence-corrected chi connectivity index (χ1v) is 8.76. The minimum absolute atomic E-state index is 0.00267. The molecular weight excluding hydrogens is 312 g/mol. The molecule has 2 aromatic heterocycles. The highest BCUT2D eigenvalue weighted by molar-refractivity contribution is 7.20. The van der Waals surface area contributed by atoms with Crippen molar-refractivity contribution in [1.29, 1.82) is 0 Å². The van der Waals surface area contributed by atoms with Crippen LogP contribution in [0.2, 0.25) is 0 Å². The van der Waals surface area contributed by atoms with Crippen molar-refractivity contribution in [3.05, 3.63) is 16.8 Å². The Balaban J connectivity index is 1.92. The van der Waals surface area contributed by atoms with Crippen molar-refractivity contribution >= 4 is 33.3 Å². The second kappa shape index (κ2) is 6.80. The van der Waals surface area contributed by atoms with Gasteiger partial charge in [-0.3, -0.25) is 4.79 Å². The number of methoxy groups -OCH3 is 1. The van der Waals surface area contributed by atoms with Crippen LogP contribution in [0.15, 0.2) is 6.33 Å². The van der Waals surface area contributed by atoms with Gasteiger partial charge in [-0.05, 0) is 31.7 Å². The van der Waals surface area contributed by atoms with E-state index >= 15 is 0 Å². The van der Waals surface area contributed by atoms with Crippen LogP contribution in [-0.2, 0) is 4.74 Å². The Morgan fingerprint density at radius 2 is 2.26 bits per heavy atom. The number of aromatic nitrogens is 2. The quantitative estimate of drug-likeness (QED) is 0.814. The van der Waals surface area contributed by atoms with E-state index in [1.54, 1.807) is 13.4 Å². The summed E-state index contributed by atoms with van der Waals surface area (Å²) in [6.07, 6.45) is 4.63. The van der Waals surface area contributed by atoms with Crippen LogP contribution in [0.3, 0.4) is 0 Å². The topological polar surface area (TPSA) is 76.1 Å². The fourth-order valence-electron chi connectivity index (χ4n) is 2.53. The normalized spacial score (nSPS) is 15.6. The lowest BCUT2D eigenvalue weighted by atomic mass is 10.1. The average molecular weight is 334 g/mol. The number of hydrogen-bond acceptors (Lipinski definition) is 6. The highest BCUT2D eigenvalue weighted by Gasteiger charge is 2.26. The number of nitrogens with zero attached hydrogens (tertiary/aromatic N) is 2. The molecule has 1 aliphatic carbocycles. The minimum atomic E-state index is 0.00267. The number of nitrogens with one attached hydrogen (secondary N) is 2. The van der Waals surface area contributed by atoms with Gasteiger partial charge in [-0.25, -0.2) is 9.97 Å². The van der Waals surface area contributed by atoms with Gasteiger partial charge in [0.1, 0.15) is 17.0 Å². The number of carbonyl (C=O) groups excluding carboxylic acids is 1. The Bertz CT molecular complexity index is 711. The van der Waals surface area contributed by atoms with Crippen LogP contribution in [0.25, 0.3) is 10.2 Å². The van der Waals surface area contributed by atoms with Gasteiger partial charge in [-0.15, -0.1) is 11.3 Å². The summed E-state index contributed by atoms with van der Waals surface area (Å²) in [5.74, 6) is 0.779. The van der Waals surface area contributed by atoms with Gasteiger partial charge in [0, 0.05) is 13.2 Å². The Morgan fingerprint density at radius 3 is 2.91 bits per heavy atom. The number of aryl methyl sites for hydroxylation is 1. The smallest absolute Gasteiger partial charge is 0.261 e. The third-order valence-electron chi connectivity index (χ3n) is 4.05. The van der Waals surface area contributed by atoms with Crippen molar-refractivity contribution in [2.45, 2.75) is 45.2 Å². The maximum Gasteiger partial charge on any atom is 0.261 e. The van der Waals surface area contributed by atoms with E-state index in [-0.39, 0.29) is 11.9 Å². The number of ether oxygens (including phenoxy) is 1. The van der Waals surface area contributed by atoms with Crippen LogP contribution in [-0.4, -0.2) is 41.7 Å². The largest absolute Gasteiger partial charge is 0.383 e. The molecule has 0 spiro atoms. The van der Waals surface area contributed by atoms with Crippen molar-refractivity contribution in [3.8, 4) is 0 Å². The number of amides is 1. The standard InChI is InChI=1S/C16H22N4O2S/c1-4-10(7-22-3)19-14-12-9(2)13(15(21)20-11-5-6-11)23-16(12)18-8-17-14/h8,10-11H,4-7H2,1-3H3,(H,20,21)(H,17,18,19)/t10-/m0/s1. The summed E-state index contributed by atoms with van der Waals surface area (Å²) in [7, 11) is 1.69.